The lowest BCUT2D eigenvalue weighted by molar-refractivity contribution is -0.130. The molecule has 0 radical (unpaired) electrons. The van der Waals surface area contributed by atoms with Crippen LogP contribution in [0.2, 0.25) is 0 Å². The summed E-state index contributed by atoms with van der Waals surface area (Å²) in [6, 6.07) is 20.9. The fourth-order valence-corrected chi connectivity index (χ4v) is 8.76. The molecular weight excluding hydrogens is 976 g/mol. The van der Waals surface area contributed by atoms with Crippen LogP contribution < -0.4 is 38.3 Å². The van der Waals surface area contributed by atoms with Gasteiger partial charge in [0.25, 0.3) is 23.6 Å². The molecule has 2 aliphatic heterocycles. The Balaban J connectivity index is 0.000000225. The lowest BCUT2D eigenvalue weighted by Gasteiger charge is -2.34. The van der Waals surface area contributed by atoms with E-state index in [9.17, 15) is 28.8 Å². The van der Waals surface area contributed by atoms with Gasteiger partial charge in [0, 0.05) is 55.3 Å². The van der Waals surface area contributed by atoms with Crippen LogP contribution in [0.3, 0.4) is 0 Å². The number of hydrogen-bond acceptors (Lipinski definition) is 13. The summed E-state index contributed by atoms with van der Waals surface area (Å²) in [6.07, 6.45) is 13.0. The van der Waals surface area contributed by atoms with Crippen molar-refractivity contribution in [2.75, 3.05) is 48.7 Å². The number of amides is 5. The van der Waals surface area contributed by atoms with E-state index in [0.29, 0.717) is 64.1 Å². The summed E-state index contributed by atoms with van der Waals surface area (Å²) < 4.78 is 3.21. The topological polar surface area (TPSA) is 279 Å². The summed E-state index contributed by atoms with van der Waals surface area (Å²) in [5, 5.41) is 8.59. The molecule has 2 aliphatic rings. The second-order valence-corrected chi connectivity index (χ2v) is 17.7. The number of anilines is 2. The molecule has 8 rings (SSSR count). The Kier molecular flexibility index (Phi) is 19.7. The SMILES string of the molecule is C=CC(=O)Cl.C=CC(=O)N1CCCC[C@H]1c1nc(-c2ccc(C(=O)Nc3cc(CC)ccn3)cc2)c(C(N)=O)n1NC.CCc1ccnc(NC(=O)c2ccc(-c3nc([C@@H]4CCCCN4)n(NC)c3C(N)=O)cc2)c1. The first-order chi connectivity index (χ1) is 36.2. The van der Waals surface area contributed by atoms with Crippen molar-refractivity contribution >= 4 is 58.0 Å². The maximum Gasteiger partial charge on any atom is 0.269 e. The minimum atomic E-state index is -0.663. The van der Waals surface area contributed by atoms with Gasteiger partial charge in [0.15, 0.2) is 17.2 Å². The van der Waals surface area contributed by atoms with Crippen LogP contribution in [0.4, 0.5) is 11.6 Å². The first-order valence-electron chi connectivity index (χ1n) is 24.6. The Morgan fingerprint density at radius 1 is 0.680 bits per heavy atom. The lowest BCUT2D eigenvalue weighted by Crippen LogP contribution is -2.39. The van der Waals surface area contributed by atoms with Gasteiger partial charge in [0.1, 0.15) is 28.8 Å². The number of nitrogens with one attached hydrogen (secondary N) is 5. The molecule has 9 N–H and O–H groups in total. The summed E-state index contributed by atoms with van der Waals surface area (Å²) in [5.41, 5.74) is 23.3. The van der Waals surface area contributed by atoms with Crippen LogP contribution in [0.25, 0.3) is 22.5 Å². The second kappa shape index (κ2) is 26.5. The number of imidazole rings is 2. The highest BCUT2D eigenvalue weighted by Crippen LogP contribution is 2.35. The lowest BCUT2D eigenvalue weighted by atomic mass is 10.0. The average Bonchev–Trinajstić information content (AvgIpc) is 4.05. The van der Waals surface area contributed by atoms with Gasteiger partial charge < -0.3 is 43.2 Å². The largest absolute Gasteiger partial charge is 0.364 e. The molecule has 20 nitrogen and oxygen atoms in total. The minimum Gasteiger partial charge on any atom is -0.364 e. The normalized spacial score (nSPS) is 14.9. The summed E-state index contributed by atoms with van der Waals surface area (Å²) in [6.45, 7) is 12.3. The molecule has 21 heteroatoms. The van der Waals surface area contributed by atoms with E-state index in [4.69, 9.17) is 33.0 Å². The van der Waals surface area contributed by atoms with Crippen LogP contribution in [-0.2, 0) is 22.4 Å². The van der Waals surface area contributed by atoms with Crippen molar-refractivity contribution in [3.05, 3.63) is 156 Å². The molecule has 392 valence electrons. The van der Waals surface area contributed by atoms with Gasteiger partial charge in [-0.2, -0.15) is 0 Å². The highest BCUT2D eigenvalue weighted by atomic mass is 35.5. The van der Waals surface area contributed by atoms with Crippen LogP contribution in [0.5, 0.6) is 0 Å². The fraction of sp³-hybridized carbons (Fsp3) is 0.296. The number of halogens is 1. The predicted molar refractivity (Wildman–Crippen MR) is 290 cm³/mol. The van der Waals surface area contributed by atoms with Crippen molar-refractivity contribution in [2.24, 2.45) is 11.5 Å². The van der Waals surface area contributed by atoms with E-state index in [-0.39, 0.29) is 41.2 Å². The fourth-order valence-electron chi connectivity index (χ4n) is 8.76. The number of carbonyl (C=O) groups is 6. The number of aryl methyl sites for hydroxylation is 2. The number of benzene rings is 2. The van der Waals surface area contributed by atoms with Gasteiger partial charge in [0.2, 0.25) is 11.1 Å². The molecule has 0 bridgehead atoms. The third-order valence-corrected chi connectivity index (χ3v) is 12.7. The molecule has 0 unspecified atom stereocenters. The molecule has 4 aromatic heterocycles. The molecular formula is C54H63ClN14O6. The summed E-state index contributed by atoms with van der Waals surface area (Å²) in [7, 11) is 3.40. The number of nitrogens with zero attached hydrogens (tertiary/aromatic N) is 7. The van der Waals surface area contributed by atoms with Crippen molar-refractivity contribution in [1.82, 2.24) is 39.5 Å². The molecule has 2 aromatic carbocycles. The maximum atomic E-state index is 12.8. The Labute approximate surface area is 440 Å². The number of pyridine rings is 2. The smallest absolute Gasteiger partial charge is 0.269 e. The Morgan fingerprint density at radius 2 is 1.15 bits per heavy atom. The molecule has 5 amide bonds. The zero-order valence-electron chi connectivity index (χ0n) is 42.5. The Hall–Kier alpha value is -8.49. The highest BCUT2D eigenvalue weighted by molar-refractivity contribution is 6.66. The molecule has 75 heavy (non-hydrogen) atoms. The third-order valence-electron chi connectivity index (χ3n) is 12.6. The van der Waals surface area contributed by atoms with Gasteiger partial charge in [0.05, 0.1) is 12.1 Å². The van der Waals surface area contributed by atoms with E-state index in [1.165, 1.54) is 6.08 Å². The van der Waals surface area contributed by atoms with Gasteiger partial charge in [-0.1, -0.05) is 57.7 Å². The molecule has 2 atom stereocenters. The first kappa shape index (κ1) is 55.8. The minimum absolute atomic E-state index is 0.0366. The quantitative estimate of drug-likeness (QED) is 0.0378. The molecule has 0 saturated carbocycles. The van der Waals surface area contributed by atoms with Gasteiger partial charge >= 0.3 is 0 Å². The summed E-state index contributed by atoms with van der Waals surface area (Å²) >= 11 is 4.71. The zero-order valence-corrected chi connectivity index (χ0v) is 43.2. The molecule has 2 saturated heterocycles. The number of carbonyl (C=O) groups excluding carboxylic acids is 6. The van der Waals surface area contributed by atoms with Crippen molar-refractivity contribution in [3.63, 3.8) is 0 Å². The molecule has 0 aliphatic carbocycles. The van der Waals surface area contributed by atoms with E-state index >= 15 is 0 Å². The van der Waals surface area contributed by atoms with E-state index in [0.717, 1.165) is 74.5 Å². The maximum absolute atomic E-state index is 12.8. The van der Waals surface area contributed by atoms with Gasteiger partial charge in [-0.05, 0) is 135 Å². The number of allylic oxidation sites excluding steroid dienone is 1. The van der Waals surface area contributed by atoms with E-state index in [2.05, 4.69) is 49.9 Å². The predicted octanol–water partition coefficient (Wildman–Crippen LogP) is 7.06. The van der Waals surface area contributed by atoms with Gasteiger partial charge in [-0.25, -0.2) is 29.3 Å². The van der Waals surface area contributed by atoms with Crippen molar-refractivity contribution in [1.29, 1.82) is 0 Å². The monoisotopic (exact) mass is 1040 g/mol. The van der Waals surface area contributed by atoms with Crippen LogP contribution in [0.15, 0.2) is 111 Å². The standard InChI is InChI=1S/C27H31N7O3.C24H29N7O2.C3H3ClO/c1-4-17-13-14-30-21(16-17)31-27(37)19-11-9-18(10-12-19)23-24(25(28)36)34(29-3)26(32-23)20-8-6-7-15-33(20)22(35)5-2;1-3-15-11-13-28-19(14-15)29-24(33)17-9-7-16(8-10-17)20-21(22(25)32)31(26-2)23(30-20)18-6-4-5-12-27-18;1-2-3(4)5/h5,9-14,16,20,29H,2,4,6-8,15H2,1,3H3,(H2,28,36)(H,30,31,37);7-11,13-14,18,26-27H,3-6,12H2,1-2H3,(H2,25,32)(H,28,29,33);2H,1H2/t20-;18-;/m00./s1. The van der Waals surface area contributed by atoms with Crippen molar-refractivity contribution in [3.8, 4) is 22.5 Å². The van der Waals surface area contributed by atoms with Crippen molar-refractivity contribution in [2.45, 2.75) is 77.3 Å². The Bertz CT molecular complexity index is 3040. The second-order valence-electron chi connectivity index (χ2n) is 17.3. The van der Waals surface area contributed by atoms with Gasteiger partial charge in [-0.3, -0.25) is 28.8 Å². The highest BCUT2D eigenvalue weighted by Gasteiger charge is 2.34. The number of aromatic nitrogens is 6. The number of nitrogens with two attached hydrogens (primary N) is 2. The van der Waals surface area contributed by atoms with Crippen molar-refractivity contribution < 1.29 is 28.8 Å². The Morgan fingerprint density at radius 3 is 1.56 bits per heavy atom. The molecule has 6 aromatic rings. The van der Waals surface area contributed by atoms with Gasteiger partial charge in [-0.15, -0.1) is 0 Å². The zero-order chi connectivity index (χ0) is 54.2. The number of piperidine rings is 2. The molecule has 2 fully saturated rings. The van der Waals surface area contributed by atoms with Crippen LogP contribution in [0, 0.1) is 0 Å². The first-order valence-corrected chi connectivity index (χ1v) is 25.0. The average molecular weight is 1040 g/mol. The summed E-state index contributed by atoms with van der Waals surface area (Å²) in [5.74, 6) is 0.253. The number of rotatable bonds is 16. The summed E-state index contributed by atoms with van der Waals surface area (Å²) in [4.78, 5) is 92.0. The third kappa shape index (κ3) is 13.8. The number of primary amides is 2. The number of likely N-dealkylation sites (tertiary alicyclic amines) is 1. The molecule has 0 spiro atoms. The van der Waals surface area contributed by atoms with Crippen LogP contribution in [0.1, 0.15) is 129 Å². The van der Waals surface area contributed by atoms with E-state index < -0.39 is 17.1 Å². The van der Waals surface area contributed by atoms with Crippen LogP contribution >= 0.6 is 11.6 Å². The molecule has 6 heterocycles. The van der Waals surface area contributed by atoms with E-state index in [1.807, 2.05) is 38.1 Å². The van der Waals surface area contributed by atoms with Crippen LogP contribution in [-0.4, -0.2) is 96.2 Å². The number of hydrogen-bond donors (Lipinski definition) is 7. The van der Waals surface area contributed by atoms with E-state index in [1.54, 1.807) is 89.3 Å².